The number of rotatable bonds is 1. The van der Waals surface area contributed by atoms with E-state index in [9.17, 15) is 13.2 Å². The van der Waals surface area contributed by atoms with Gasteiger partial charge >= 0.3 is 6.18 Å². The molecular formula is C10H9ClF3N3. The molecule has 2 aromatic rings. The van der Waals surface area contributed by atoms with Gasteiger partial charge in [-0.3, -0.25) is 0 Å². The fraction of sp³-hybridized carbons (Fsp3) is 0.400. The number of alkyl halides is 3. The van der Waals surface area contributed by atoms with E-state index in [1.807, 2.05) is 13.8 Å². The second kappa shape index (κ2) is 3.87. The molecule has 17 heavy (non-hydrogen) atoms. The molecule has 7 heteroatoms. The van der Waals surface area contributed by atoms with Crippen LogP contribution < -0.4 is 0 Å². The Morgan fingerprint density at radius 1 is 1.29 bits per heavy atom. The van der Waals surface area contributed by atoms with Gasteiger partial charge in [0.2, 0.25) is 0 Å². The summed E-state index contributed by atoms with van der Waals surface area (Å²) in [5.41, 5.74) is -0.198. The largest absolute Gasteiger partial charge is 0.417 e. The van der Waals surface area contributed by atoms with Crippen LogP contribution in [0.1, 0.15) is 25.5 Å². The minimum Gasteiger partial charge on any atom is -0.242 e. The van der Waals surface area contributed by atoms with E-state index in [1.165, 1.54) is 10.7 Å². The van der Waals surface area contributed by atoms with Crippen LogP contribution in [-0.4, -0.2) is 15.0 Å². The number of fused-ring (bicyclic) bond motifs is 1. The highest BCUT2D eigenvalue weighted by atomic mass is 35.5. The van der Waals surface area contributed by atoms with Crippen LogP contribution in [0.2, 0.25) is 5.02 Å². The Labute approximate surface area is 100 Å². The van der Waals surface area contributed by atoms with Crippen LogP contribution in [0.3, 0.4) is 0 Å². The van der Waals surface area contributed by atoms with Gasteiger partial charge in [-0.1, -0.05) is 16.8 Å². The van der Waals surface area contributed by atoms with E-state index in [0.29, 0.717) is 5.52 Å². The predicted molar refractivity (Wildman–Crippen MR) is 57.9 cm³/mol. The van der Waals surface area contributed by atoms with Crippen molar-refractivity contribution in [3.8, 4) is 0 Å². The lowest BCUT2D eigenvalue weighted by molar-refractivity contribution is -0.137. The van der Waals surface area contributed by atoms with E-state index in [-0.39, 0.29) is 16.6 Å². The van der Waals surface area contributed by atoms with Crippen molar-refractivity contribution in [1.82, 2.24) is 15.0 Å². The number of aromatic nitrogens is 3. The minimum absolute atomic E-state index is 0.00723. The van der Waals surface area contributed by atoms with Crippen molar-refractivity contribution < 1.29 is 13.2 Å². The second-order valence-corrected chi connectivity index (χ2v) is 4.35. The predicted octanol–water partition coefficient (Wildman–Crippen LogP) is 3.68. The molecule has 3 nitrogen and oxygen atoms in total. The van der Waals surface area contributed by atoms with Crippen molar-refractivity contribution in [2.75, 3.05) is 0 Å². The molecule has 0 bridgehead atoms. The Balaban J connectivity index is 2.69. The van der Waals surface area contributed by atoms with Gasteiger partial charge in [-0.05, 0) is 26.0 Å². The van der Waals surface area contributed by atoms with E-state index >= 15 is 0 Å². The lowest BCUT2D eigenvalue weighted by Crippen LogP contribution is -2.06. The molecule has 0 amide bonds. The monoisotopic (exact) mass is 263 g/mol. The first-order chi connectivity index (χ1) is 7.80. The second-order valence-electron chi connectivity index (χ2n) is 3.95. The van der Waals surface area contributed by atoms with Crippen LogP contribution in [0.25, 0.3) is 11.0 Å². The van der Waals surface area contributed by atoms with Crippen LogP contribution in [0.5, 0.6) is 0 Å². The summed E-state index contributed by atoms with van der Waals surface area (Å²) >= 11 is 5.63. The molecule has 0 spiro atoms. The third-order valence-electron chi connectivity index (χ3n) is 2.35. The van der Waals surface area contributed by atoms with Gasteiger partial charge in [-0.15, -0.1) is 5.10 Å². The lowest BCUT2D eigenvalue weighted by atomic mass is 10.2. The van der Waals surface area contributed by atoms with E-state index < -0.39 is 11.7 Å². The smallest absolute Gasteiger partial charge is 0.242 e. The standard InChI is InChI=1S/C10H9ClF3N3/c1-5(2)17-9-4-7(11)6(10(12,13)14)3-8(9)15-16-17/h3-5H,1-2H3. The number of benzene rings is 1. The zero-order valence-electron chi connectivity index (χ0n) is 9.09. The number of halogens is 4. The van der Waals surface area contributed by atoms with Gasteiger partial charge in [0.15, 0.2) is 0 Å². The summed E-state index contributed by atoms with van der Waals surface area (Å²) in [6.45, 7) is 3.72. The third-order valence-corrected chi connectivity index (χ3v) is 2.67. The van der Waals surface area contributed by atoms with Crippen molar-refractivity contribution in [3.05, 3.63) is 22.7 Å². The van der Waals surface area contributed by atoms with E-state index in [4.69, 9.17) is 11.6 Å². The Kier molecular flexibility index (Phi) is 2.77. The molecule has 0 aliphatic rings. The molecule has 0 N–H and O–H groups in total. The van der Waals surface area contributed by atoms with Crippen molar-refractivity contribution in [1.29, 1.82) is 0 Å². The fourth-order valence-electron chi connectivity index (χ4n) is 1.56. The summed E-state index contributed by atoms with van der Waals surface area (Å²) < 4.78 is 39.3. The van der Waals surface area contributed by atoms with Gasteiger partial charge in [-0.25, -0.2) is 4.68 Å². The van der Waals surface area contributed by atoms with Crippen molar-refractivity contribution in [3.63, 3.8) is 0 Å². The van der Waals surface area contributed by atoms with Gasteiger partial charge < -0.3 is 0 Å². The van der Waals surface area contributed by atoms with E-state index in [1.54, 1.807) is 0 Å². The summed E-state index contributed by atoms with van der Waals surface area (Å²) in [5, 5.41) is 7.17. The van der Waals surface area contributed by atoms with Gasteiger partial charge in [0.25, 0.3) is 0 Å². The zero-order valence-corrected chi connectivity index (χ0v) is 9.84. The summed E-state index contributed by atoms with van der Waals surface area (Å²) in [6.07, 6.45) is -4.48. The third kappa shape index (κ3) is 2.09. The minimum atomic E-state index is -4.48. The molecular weight excluding hydrogens is 255 g/mol. The molecule has 0 aliphatic heterocycles. The maximum Gasteiger partial charge on any atom is 0.417 e. The van der Waals surface area contributed by atoms with Crippen LogP contribution in [0.4, 0.5) is 13.2 Å². The normalized spacial score (nSPS) is 12.6. The molecule has 0 atom stereocenters. The highest BCUT2D eigenvalue weighted by Gasteiger charge is 2.34. The number of hydrogen-bond acceptors (Lipinski definition) is 2. The molecule has 0 fully saturated rings. The highest BCUT2D eigenvalue weighted by molar-refractivity contribution is 6.32. The Hall–Kier alpha value is -1.30. The maximum atomic E-state index is 12.6. The topological polar surface area (TPSA) is 30.7 Å². The zero-order chi connectivity index (χ0) is 12.8. The summed E-state index contributed by atoms with van der Waals surface area (Å²) in [7, 11) is 0. The molecule has 2 rings (SSSR count). The molecule has 1 aromatic carbocycles. The molecule has 0 saturated carbocycles. The highest BCUT2D eigenvalue weighted by Crippen LogP contribution is 2.36. The Morgan fingerprint density at radius 3 is 2.47 bits per heavy atom. The molecule has 0 saturated heterocycles. The molecule has 1 heterocycles. The average molecular weight is 264 g/mol. The maximum absolute atomic E-state index is 12.6. The van der Waals surface area contributed by atoms with Crippen molar-refractivity contribution in [2.24, 2.45) is 0 Å². The Bertz CT molecular complexity index is 560. The molecule has 0 aliphatic carbocycles. The molecule has 0 radical (unpaired) electrons. The van der Waals surface area contributed by atoms with Crippen molar-refractivity contribution >= 4 is 22.6 Å². The van der Waals surface area contributed by atoms with E-state index in [2.05, 4.69) is 10.3 Å². The first kappa shape index (κ1) is 12.2. The van der Waals surface area contributed by atoms with Gasteiger partial charge in [0.05, 0.1) is 16.1 Å². The molecule has 1 aromatic heterocycles. The summed E-state index contributed by atoms with van der Waals surface area (Å²) in [5.74, 6) is 0. The quantitative estimate of drug-likeness (QED) is 0.786. The molecule has 92 valence electrons. The number of hydrogen-bond donors (Lipinski definition) is 0. The first-order valence-corrected chi connectivity index (χ1v) is 5.30. The fourth-order valence-corrected chi connectivity index (χ4v) is 1.82. The van der Waals surface area contributed by atoms with Crippen LogP contribution in [0, 0.1) is 0 Å². The molecule has 0 unspecified atom stereocenters. The van der Waals surface area contributed by atoms with Crippen molar-refractivity contribution in [2.45, 2.75) is 26.1 Å². The van der Waals surface area contributed by atoms with Gasteiger partial charge in [0, 0.05) is 6.04 Å². The van der Waals surface area contributed by atoms with Gasteiger partial charge in [0.1, 0.15) is 5.52 Å². The summed E-state index contributed by atoms with van der Waals surface area (Å²) in [4.78, 5) is 0. The van der Waals surface area contributed by atoms with Gasteiger partial charge in [-0.2, -0.15) is 13.2 Å². The van der Waals surface area contributed by atoms with Crippen LogP contribution in [0.15, 0.2) is 12.1 Å². The van der Waals surface area contributed by atoms with Crippen LogP contribution in [-0.2, 0) is 6.18 Å². The lowest BCUT2D eigenvalue weighted by Gasteiger charge is -2.10. The SMILES string of the molecule is CC(C)n1nnc2cc(C(F)(F)F)c(Cl)cc21. The first-order valence-electron chi connectivity index (χ1n) is 4.92. The Morgan fingerprint density at radius 2 is 1.94 bits per heavy atom. The van der Waals surface area contributed by atoms with E-state index in [0.717, 1.165) is 6.07 Å². The number of nitrogens with zero attached hydrogens (tertiary/aromatic N) is 3. The van der Waals surface area contributed by atoms with Crippen LogP contribution >= 0.6 is 11.6 Å². The average Bonchev–Trinajstić information content (AvgIpc) is 2.57. The summed E-state index contributed by atoms with van der Waals surface area (Å²) in [6, 6.07) is 2.18.